The molecule has 1 fully saturated rings. The number of benzene rings is 2. The van der Waals surface area contributed by atoms with E-state index in [1.165, 1.54) is 19.3 Å². The molecule has 0 unspecified atom stereocenters. The van der Waals surface area contributed by atoms with Crippen molar-refractivity contribution < 1.29 is 4.79 Å². The number of halogens is 2. The van der Waals surface area contributed by atoms with Crippen LogP contribution in [0.3, 0.4) is 0 Å². The van der Waals surface area contributed by atoms with Gasteiger partial charge in [-0.3, -0.25) is 4.79 Å². The van der Waals surface area contributed by atoms with E-state index in [4.69, 9.17) is 28.9 Å². The van der Waals surface area contributed by atoms with Crippen LogP contribution in [-0.2, 0) is 11.2 Å². The van der Waals surface area contributed by atoms with Crippen LogP contribution in [0.4, 0.5) is 11.4 Å². The van der Waals surface area contributed by atoms with Crippen molar-refractivity contribution in [3.05, 3.63) is 70.1 Å². The second-order valence-electron chi connectivity index (χ2n) is 9.44. The topological polar surface area (TPSA) is 73.6 Å². The van der Waals surface area contributed by atoms with Crippen molar-refractivity contribution in [2.45, 2.75) is 45.1 Å². The lowest BCUT2D eigenvalue weighted by atomic mass is 10.1. The standard InChI is InChI=1S/C26H35Cl2N5O/c1-26(2,29)18-30-25(17-32-13-4-3-5-14-32)31-22-8-10-23(11-9-22)33(19-34)15-12-20-6-7-21(27)16-24(20)28/h6-11,16-17,19,30-31H,3-5,12-15,18,29H2,1-2H3/b25-17-. The van der Waals surface area contributed by atoms with E-state index in [1.54, 1.807) is 11.0 Å². The second-order valence-corrected chi connectivity index (χ2v) is 10.3. The Morgan fingerprint density at radius 3 is 2.44 bits per heavy atom. The predicted octanol–water partition coefficient (Wildman–Crippen LogP) is 5.22. The molecule has 0 aromatic heterocycles. The van der Waals surface area contributed by atoms with Crippen LogP contribution in [0.2, 0.25) is 10.0 Å². The highest BCUT2D eigenvalue weighted by Gasteiger charge is 2.14. The third-order valence-corrected chi connectivity index (χ3v) is 6.27. The largest absolute Gasteiger partial charge is 0.374 e. The Bertz CT molecular complexity index is 966. The van der Waals surface area contributed by atoms with Crippen LogP contribution < -0.4 is 21.3 Å². The van der Waals surface area contributed by atoms with Gasteiger partial charge in [-0.2, -0.15) is 0 Å². The number of anilines is 2. The molecule has 2 aromatic rings. The zero-order chi connectivity index (χ0) is 24.6. The monoisotopic (exact) mass is 503 g/mol. The summed E-state index contributed by atoms with van der Waals surface area (Å²) in [5.74, 6) is 0.915. The van der Waals surface area contributed by atoms with Crippen molar-refractivity contribution >= 4 is 41.0 Å². The molecule has 1 amide bonds. The van der Waals surface area contributed by atoms with E-state index in [9.17, 15) is 4.79 Å². The van der Waals surface area contributed by atoms with Crippen LogP contribution >= 0.6 is 23.2 Å². The van der Waals surface area contributed by atoms with Crippen molar-refractivity contribution in [1.29, 1.82) is 0 Å². The van der Waals surface area contributed by atoms with Gasteiger partial charge in [-0.25, -0.2) is 0 Å². The number of piperidine rings is 1. The summed E-state index contributed by atoms with van der Waals surface area (Å²) < 4.78 is 0. The second kappa shape index (κ2) is 12.3. The Balaban J connectivity index is 1.65. The minimum Gasteiger partial charge on any atom is -0.374 e. The summed E-state index contributed by atoms with van der Waals surface area (Å²) in [5.41, 5.74) is 8.56. The van der Waals surface area contributed by atoms with Crippen molar-refractivity contribution in [3.8, 4) is 0 Å². The predicted molar refractivity (Wildman–Crippen MR) is 143 cm³/mol. The Morgan fingerprint density at radius 1 is 1.12 bits per heavy atom. The molecule has 1 saturated heterocycles. The van der Waals surface area contributed by atoms with E-state index >= 15 is 0 Å². The molecule has 8 heteroatoms. The first kappa shape index (κ1) is 26.2. The molecule has 0 saturated carbocycles. The van der Waals surface area contributed by atoms with Crippen molar-refractivity contribution in [2.75, 3.05) is 36.4 Å². The van der Waals surface area contributed by atoms with Crippen molar-refractivity contribution in [1.82, 2.24) is 10.2 Å². The van der Waals surface area contributed by atoms with E-state index in [0.717, 1.165) is 42.3 Å². The molecule has 34 heavy (non-hydrogen) atoms. The summed E-state index contributed by atoms with van der Waals surface area (Å²) in [6.07, 6.45) is 7.34. The number of nitrogens with one attached hydrogen (secondary N) is 2. The summed E-state index contributed by atoms with van der Waals surface area (Å²) in [4.78, 5) is 15.8. The third kappa shape index (κ3) is 8.42. The summed E-state index contributed by atoms with van der Waals surface area (Å²) in [5, 5.41) is 8.13. The number of amides is 1. The number of carbonyl (C=O) groups is 1. The van der Waals surface area contributed by atoms with Crippen molar-refractivity contribution in [2.24, 2.45) is 5.73 Å². The van der Waals surface area contributed by atoms with Gasteiger partial charge < -0.3 is 26.2 Å². The van der Waals surface area contributed by atoms with Crippen molar-refractivity contribution in [3.63, 3.8) is 0 Å². The lowest BCUT2D eigenvalue weighted by Gasteiger charge is -2.28. The molecule has 1 aliphatic rings. The highest BCUT2D eigenvalue weighted by molar-refractivity contribution is 6.35. The first-order valence-corrected chi connectivity index (χ1v) is 12.5. The summed E-state index contributed by atoms with van der Waals surface area (Å²) in [6.45, 7) is 7.28. The van der Waals surface area contributed by atoms with Gasteiger partial charge in [-0.1, -0.05) is 29.3 Å². The zero-order valence-corrected chi connectivity index (χ0v) is 21.5. The smallest absolute Gasteiger partial charge is 0.214 e. The molecule has 1 aliphatic heterocycles. The van der Waals surface area contributed by atoms with E-state index in [2.05, 4.69) is 21.7 Å². The molecule has 6 nitrogen and oxygen atoms in total. The van der Waals surface area contributed by atoms with Crippen LogP contribution in [-0.4, -0.2) is 43.0 Å². The van der Waals surface area contributed by atoms with Gasteiger partial charge in [-0.05, 0) is 81.5 Å². The molecule has 0 spiro atoms. The molecular formula is C26H35Cl2N5O. The highest BCUT2D eigenvalue weighted by Crippen LogP contribution is 2.23. The van der Waals surface area contributed by atoms with E-state index < -0.39 is 0 Å². The van der Waals surface area contributed by atoms with Crippen LogP contribution in [0.25, 0.3) is 0 Å². The summed E-state index contributed by atoms with van der Waals surface area (Å²) in [6, 6.07) is 13.2. The lowest BCUT2D eigenvalue weighted by molar-refractivity contribution is -0.107. The maximum atomic E-state index is 11.7. The van der Waals surface area contributed by atoms with Crippen LogP contribution in [0, 0.1) is 0 Å². The molecule has 2 aromatic carbocycles. The van der Waals surface area contributed by atoms with Gasteiger partial charge in [0, 0.05) is 59.3 Å². The Kier molecular flexibility index (Phi) is 9.51. The number of likely N-dealkylation sites (tertiary alicyclic amines) is 1. The quantitative estimate of drug-likeness (QED) is 0.366. The highest BCUT2D eigenvalue weighted by atomic mass is 35.5. The first-order chi connectivity index (χ1) is 16.2. The third-order valence-electron chi connectivity index (χ3n) is 5.68. The lowest BCUT2D eigenvalue weighted by Crippen LogP contribution is -2.44. The number of hydrogen-bond donors (Lipinski definition) is 3. The number of rotatable bonds is 11. The maximum Gasteiger partial charge on any atom is 0.214 e. The number of nitrogens with zero attached hydrogens (tertiary/aromatic N) is 2. The minimum atomic E-state index is -0.329. The zero-order valence-electron chi connectivity index (χ0n) is 20.0. The van der Waals surface area contributed by atoms with Gasteiger partial charge in [0.25, 0.3) is 0 Å². The minimum absolute atomic E-state index is 0.329. The van der Waals surface area contributed by atoms with Crippen LogP contribution in [0.1, 0.15) is 38.7 Å². The Morgan fingerprint density at radius 2 is 1.82 bits per heavy atom. The molecule has 1 heterocycles. The number of hydrogen-bond acceptors (Lipinski definition) is 5. The van der Waals surface area contributed by atoms with Gasteiger partial charge in [0.15, 0.2) is 0 Å². The molecular weight excluding hydrogens is 469 g/mol. The molecule has 0 radical (unpaired) electrons. The fraction of sp³-hybridized carbons (Fsp3) is 0.423. The van der Waals surface area contributed by atoms with E-state index in [0.29, 0.717) is 29.6 Å². The average Bonchev–Trinajstić information content (AvgIpc) is 2.80. The fourth-order valence-corrected chi connectivity index (χ4v) is 4.28. The maximum absolute atomic E-state index is 11.7. The molecule has 184 valence electrons. The van der Waals surface area contributed by atoms with Gasteiger partial charge >= 0.3 is 0 Å². The number of carbonyl (C=O) groups excluding carboxylic acids is 1. The van der Waals surface area contributed by atoms with Crippen LogP contribution in [0.5, 0.6) is 0 Å². The fourth-order valence-electron chi connectivity index (χ4n) is 3.77. The normalized spacial score (nSPS) is 14.6. The SMILES string of the molecule is CC(C)(N)CN/C(=C/N1CCCCC1)Nc1ccc(N(C=O)CCc2ccc(Cl)cc2Cl)cc1. The molecule has 0 atom stereocenters. The van der Waals surface area contributed by atoms with Gasteiger partial charge in [0.1, 0.15) is 5.82 Å². The van der Waals surface area contributed by atoms with Gasteiger partial charge in [0.2, 0.25) is 6.41 Å². The van der Waals surface area contributed by atoms with Gasteiger partial charge in [-0.15, -0.1) is 0 Å². The summed E-state index contributed by atoms with van der Waals surface area (Å²) in [7, 11) is 0. The molecule has 4 N–H and O–H groups in total. The molecule has 0 bridgehead atoms. The first-order valence-electron chi connectivity index (χ1n) is 11.7. The van der Waals surface area contributed by atoms with Crippen LogP contribution in [0.15, 0.2) is 54.5 Å². The average molecular weight is 505 g/mol. The van der Waals surface area contributed by atoms with E-state index in [-0.39, 0.29) is 5.54 Å². The summed E-state index contributed by atoms with van der Waals surface area (Å²) >= 11 is 12.2. The van der Waals surface area contributed by atoms with Gasteiger partial charge in [0.05, 0.1) is 0 Å². The number of nitrogens with two attached hydrogens (primary N) is 1. The van der Waals surface area contributed by atoms with E-state index in [1.807, 2.05) is 50.2 Å². The molecule has 3 rings (SSSR count). The molecule has 0 aliphatic carbocycles. The Labute approximate surface area is 213 Å². The Hall–Kier alpha value is -2.41.